The van der Waals surface area contributed by atoms with E-state index in [2.05, 4.69) is 120 Å². The summed E-state index contributed by atoms with van der Waals surface area (Å²) in [5.41, 5.74) is 13.1. The third-order valence-corrected chi connectivity index (χ3v) is 8.45. The van der Waals surface area contributed by atoms with E-state index in [1.54, 1.807) is 0 Å². The Kier molecular flexibility index (Phi) is 9.30. The zero-order valence-corrected chi connectivity index (χ0v) is 26.7. The van der Waals surface area contributed by atoms with E-state index in [-0.39, 0.29) is 0 Å². The van der Waals surface area contributed by atoms with Gasteiger partial charge in [0.05, 0.1) is 0 Å². The second-order valence-electron chi connectivity index (χ2n) is 11.8. The molecule has 6 aromatic carbocycles. The number of benzene rings is 6. The van der Waals surface area contributed by atoms with E-state index in [4.69, 9.17) is 0 Å². The molecule has 0 saturated heterocycles. The summed E-state index contributed by atoms with van der Waals surface area (Å²) in [5.74, 6) is 27.8. The van der Waals surface area contributed by atoms with E-state index in [1.807, 2.05) is 72.8 Å². The summed E-state index contributed by atoms with van der Waals surface area (Å²) >= 11 is 0. The van der Waals surface area contributed by atoms with Crippen molar-refractivity contribution in [2.24, 2.45) is 0 Å². The van der Waals surface area contributed by atoms with Gasteiger partial charge >= 0.3 is 0 Å². The van der Waals surface area contributed by atoms with Crippen LogP contribution in [0.1, 0.15) is 66.8 Å². The van der Waals surface area contributed by atoms with E-state index < -0.39 is 0 Å². The standard InChI is InChI=1S/C48H32/c1-5-13-37(14-6-1)21-25-41-33-46-31-32-48-36-43(27-23-39-17-9-3-10-18-39)47(35-44(48)28-24-40-19-11-4-12-20-40)30-29-45(41)34-42(46)26-22-38-15-7-2-8-16-38/h1-20,33-36H,29-32H2. The molecular formula is C48H32. The molecule has 224 valence electrons. The molecule has 0 heterocycles. The molecule has 48 heavy (non-hydrogen) atoms. The zero-order chi connectivity index (χ0) is 32.4. The maximum atomic E-state index is 3.53. The highest BCUT2D eigenvalue weighted by molar-refractivity contribution is 5.59. The maximum absolute atomic E-state index is 3.53. The molecule has 4 bridgehead atoms. The van der Waals surface area contributed by atoms with Crippen molar-refractivity contribution in [1.29, 1.82) is 0 Å². The summed E-state index contributed by atoms with van der Waals surface area (Å²) in [4.78, 5) is 0. The molecule has 0 N–H and O–H groups in total. The molecule has 0 radical (unpaired) electrons. The first-order valence-electron chi connectivity index (χ1n) is 16.4. The van der Waals surface area contributed by atoms with Crippen LogP contribution >= 0.6 is 0 Å². The Labute approximate surface area is 284 Å². The first-order valence-corrected chi connectivity index (χ1v) is 16.4. The monoisotopic (exact) mass is 608 g/mol. The van der Waals surface area contributed by atoms with Gasteiger partial charge in [0.25, 0.3) is 0 Å². The minimum absolute atomic E-state index is 0.810. The van der Waals surface area contributed by atoms with Crippen LogP contribution in [-0.4, -0.2) is 0 Å². The molecule has 6 aromatic rings. The first-order chi connectivity index (χ1) is 23.8. The molecule has 0 aromatic heterocycles. The summed E-state index contributed by atoms with van der Waals surface area (Å²) in [6.45, 7) is 0. The molecule has 10 rings (SSSR count). The molecule has 0 heteroatoms. The van der Waals surface area contributed by atoms with Gasteiger partial charge in [-0.05, 0) is 121 Å². The highest BCUT2D eigenvalue weighted by atomic mass is 14.2. The van der Waals surface area contributed by atoms with E-state index in [0.717, 1.165) is 70.2 Å². The van der Waals surface area contributed by atoms with Crippen LogP contribution in [0, 0.1) is 47.4 Å². The van der Waals surface area contributed by atoms with Crippen LogP contribution in [-0.2, 0) is 25.7 Å². The zero-order valence-electron chi connectivity index (χ0n) is 26.7. The smallest absolute Gasteiger partial charge is 0.0284 e. The summed E-state index contributed by atoms with van der Waals surface area (Å²) in [6.07, 6.45) is 3.24. The number of hydrogen-bond donors (Lipinski definition) is 0. The normalized spacial score (nSPS) is 11.2. The van der Waals surface area contributed by atoms with E-state index >= 15 is 0 Å². The minimum Gasteiger partial charge on any atom is -0.0622 e. The quantitative estimate of drug-likeness (QED) is 0.151. The number of aryl methyl sites for hydroxylation is 4. The topological polar surface area (TPSA) is 0 Å². The highest BCUT2D eigenvalue weighted by Crippen LogP contribution is 2.26. The fourth-order valence-electron chi connectivity index (χ4n) is 5.85. The van der Waals surface area contributed by atoms with Crippen LogP contribution in [0.15, 0.2) is 146 Å². The van der Waals surface area contributed by atoms with Crippen LogP contribution in [0.3, 0.4) is 0 Å². The van der Waals surface area contributed by atoms with Gasteiger partial charge < -0.3 is 0 Å². The highest BCUT2D eigenvalue weighted by Gasteiger charge is 2.15. The lowest BCUT2D eigenvalue weighted by molar-refractivity contribution is 0.910. The Bertz CT molecular complexity index is 1980. The Hall–Kier alpha value is -6.44. The molecule has 0 nitrogen and oxygen atoms in total. The van der Waals surface area contributed by atoms with Crippen molar-refractivity contribution < 1.29 is 0 Å². The minimum atomic E-state index is 0.810. The second-order valence-corrected chi connectivity index (χ2v) is 11.8. The Balaban J connectivity index is 1.35. The van der Waals surface area contributed by atoms with Crippen LogP contribution < -0.4 is 0 Å². The van der Waals surface area contributed by atoms with Crippen molar-refractivity contribution in [1.82, 2.24) is 0 Å². The molecule has 0 unspecified atom stereocenters. The first kappa shape index (κ1) is 30.2. The van der Waals surface area contributed by atoms with Crippen molar-refractivity contribution >= 4 is 0 Å². The van der Waals surface area contributed by atoms with Gasteiger partial charge in [-0.1, -0.05) is 120 Å². The van der Waals surface area contributed by atoms with Gasteiger partial charge in [0.1, 0.15) is 0 Å². The van der Waals surface area contributed by atoms with Crippen molar-refractivity contribution in [2.45, 2.75) is 25.7 Å². The van der Waals surface area contributed by atoms with E-state index in [1.165, 1.54) is 22.3 Å². The third kappa shape index (κ3) is 7.67. The molecule has 0 spiro atoms. The summed E-state index contributed by atoms with van der Waals surface area (Å²) < 4.78 is 0. The van der Waals surface area contributed by atoms with Crippen LogP contribution in [0.5, 0.6) is 0 Å². The Morgan fingerprint density at radius 1 is 0.250 bits per heavy atom. The SMILES string of the molecule is C(#Cc1cc2c(C#Cc3ccccc3)cc1CCc1cc(C#Cc3ccccc3)c(cc1C#Cc1ccccc1)CC2)c1ccccc1. The van der Waals surface area contributed by atoms with Gasteiger partial charge in [-0.2, -0.15) is 0 Å². The predicted molar refractivity (Wildman–Crippen MR) is 197 cm³/mol. The van der Waals surface area contributed by atoms with Crippen molar-refractivity contribution in [3.8, 4) is 47.4 Å². The van der Waals surface area contributed by atoms with Crippen molar-refractivity contribution in [2.75, 3.05) is 0 Å². The van der Waals surface area contributed by atoms with Gasteiger partial charge in [0, 0.05) is 44.5 Å². The van der Waals surface area contributed by atoms with Crippen molar-refractivity contribution in [3.05, 3.63) is 212 Å². The van der Waals surface area contributed by atoms with Crippen LogP contribution in [0.4, 0.5) is 0 Å². The average Bonchev–Trinajstić information content (AvgIpc) is 3.14. The molecule has 0 saturated carbocycles. The third-order valence-electron chi connectivity index (χ3n) is 8.45. The van der Waals surface area contributed by atoms with Gasteiger partial charge in [-0.15, -0.1) is 0 Å². The Morgan fingerprint density at radius 2 is 0.458 bits per heavy atom. The molecule has 0 atom stereocenters. The van der Waals surface area contributed by atoms with E-state index in [0.29, 0.717) is 0 Å². The lowest BCUT2D eigenvalue weighted by atomic mass is 9.86. The van der Waals surface area contributed by atoms with Gasteiger partial charge in [-0.3, -0.25) is 0 Å². The summed E-state index contributed by atoms with van der Waals surface area (Å²) in [7, 11) is 0. The van der Waals surface area contributed by atoms with E-state index in [9.17, 15) is 0 Å². The molecule has 0 fully saturated rings. The fraction of sp³-hybridized carbons (Fsp3) is 0.0833. The van der Waals surface area contributed by atoms with Gasteiger partial charge in [0.2, 0.25) is 0 Å². The van der Waals surface area contributed by atoms with Gasteiger partial charge in [0.15, 0.2) is 0 Å². The summed E-state index contributed by atoms with van der Waals surface area (Å²) in [5, 5.41) is 0. The summed E-state index contributed by atoms with van der Waals surface area (Å²) in [6, 6.07) is 49.9. The molecule has 0 aliphatic heterocycles. The fourth-order valence-corrected chi connectivity index (χ4v) is 5.85. The molecule has 4 aliphatic rings. The lowest BCUT2D eigenvalue weighted by Crippen LogP contribution is -2.07. The largest absolute Gasteiger partial charge is 0.0622 e. The second kappa shape index (κ2) is 14.8. The van der Waals surface area contributed by atoms with Gasteiger partial charge in [-0.25, -0.2) is 0 Å². The van der Waals surface area contributed by atoms with Crippen LogP contribution in [0.25, 0.3) is 0 Å². The lowest BCUT2D eigenvalue weighted by Gasteiger charge is -2.17. The maximum Gasteiger partial charge on any atom is 0.0284 e. The molecule has 0 amide bonds. The Morgan fingerprint density at radius 3 is 0.667 bits per heavy atom. The molecule has 4 aliphatic carbocycles. The number of rotatable bonds is 0. The average molecular weight is 609 g/mol. The molecular weight excluding hydrogens is 577 g/mol. The van der Waals surface area contributed by atoms with Crippen molar-refractivity contribution in [3.63, 3.8) is 0 Å². The number of hydrogen-bond acceptors (Lipinski definition) is 0. The predicted octanol–water partition coefficient (Wildman–Crippen LogP) is 9.17. The van der Waals surface area contributed by atoms with Crippen LogP contribution in [0.2, 0.25) is 0 Å².